The molecule has 5 nitrogen and oxygen atoms in total. The summed E-state index contributed by atoms with van der Waals surface area (Å²) < 4.78 is 17.3. The second kappa shape index (κ2) is 7.74. The van der Waals surface area contributed by atoms with Crippen LogP contribution in [-0.2, 0) is 4.79 Å². The molecular weight excluding hydrogens is 354 g/mol. The van der Waals surface area contributed by atoms with E-state index < -0.39 is 6.10 Å². The van der Waals surface area contributed by atoms with E-state index in [0.29, 0.717) is 6.42 Å². The standard InChI is InChI=1S/C23H29NO4/c1-14-7-9-20(15(2)11-14)27-16(3)22(25)24-19-13-23(4,5)28-21-10-8-17(26-6)12-18(19)21/h7-12,16,19H,13H2,1-6H3,(H,24,25)/t16-,19+/m0/s1. The lowest BCUT2D eigenvalue weighted by molar-refractivity contribution is -0.128. The van der Waals surface area contributed by atoms with Crippen molar-refractivity contribution in [3.05, 3.63) is 53.1 Å². The van der Waals surface area contributed by atoms with Crippen LogP contribution in [0.4, 0.5) is 0 Å². The van der Waals surface area contributed by atoms with Crippen LogP contribution in [0.5, 0.6) is 17.2 Å². The van der Waals surface area contributed by atoms with Gasteiger partial charge in [-0.25, -0.2) is 0 Å². The summed E-state index contributed by atoms with van der Waals surface area (Å²) in [6.07, 6.45) is 0.0521. The van der Waals surface area contributed by atoms with E-state index >= 15 is 0 Å². The van der Waals surface area contributed by atoms with Gasteiger partial charge in [0.25, 0.3) is 5.91 Å². The van der Waals surface area contributed by atoms with Crippen molar-refractivity contribution in [1.29, 1.82) is 0 Å². The van der Waals surface area contributed by atoms with Crippen molar-refractivity contribution >= 4 is 5.91 Å². The molecule has 1 aliphatic heterocycles. The Labute approximate surface area is 167 Å². The molecule has 1 amide bonds. The van der Waals surface area contributed by atoms with Gasteiger partial charge in [0.05, 0.1) is 13.2 Å². The molecule has 0 saturated carbocycles. The van der Waals surface area contributed by atoms with E-state index in [1.165, 1.54) is 0 Å². The van der Waals surface area contributed by atoms with Gasteiger partial charge < -0.3 is 19.5 Å². The van der Waals surface area contributed by atoms with Crippen molar-refractivity contribution in [2.24, 2.45) is 0 Å². The number of rotatable bonds is 5. The molecule has 1 N–H and O–H groups in total. The summed E-state index contributed by atoms with van der Waals surface area (Å²) in [5.41, 5.74) is 2.72. The van der Waals surface area contributed by atoms with Crippen LogP contribution in [0.1, 0.15) is 49.9 Å². The second-order valence-corrected chi connectivity index (χ2v) is 8.06. The lowest BCUT2D eigenvalue weighted by atomic mass is 9.89. The molecule has 0 aromatic heterocycles. The maximum Gasteiger partial charge on any atom is 0.261 e. The molecule has 28 heavy (non-hydrogen) atoms. The quantitative estimate of drug-likeness (QED) is 0.826. The molecule has 0 aliphatic carbocycles. The van der Waals surface area contributed by atoms with Crippen LogP contribution in [0.3, 0.4) is 0 Å². The zero-order valence-electron chi connectivity index (χ0n) is 17.5. The summed E-state index contributed by atoms with van der Waals surface area (Å²) in [4.78, 5) is 12.9. The van der Waals surface area contributed by atoms with Gasteiger partial charge in [-0.1, -0.05) is 17.7 Å². The fraction of sp³-hybridized carbons (Fsp3) is 0.435. The molecule has 3 rings (SSSR count). The third kappa shape index (κ3) is 4.41. The van der Waals surface area contributed by atoms with E-state index in [1.807, 2.05) is 64.1 Å². The van der Waals surface area contributed by atoms with Crippen molar-refractivity contribution in [3.8, 4) is 17.2 Å². The van der Waals surface area contributed by atoms with Gasteiger partial charge in [-0.15, -0.1) is 0 Å². The molecule has 0 unspecified atom stereocenters. The summed E-state index contributed by atoms with van der Waals surface area (Å²) in [5.74, 6) is 2.07. The fourth-order valence-electron chi connectivity index (χ4n) is 3.55. The Morgan fingerprint density at radius 2 is 1.96 bits per heavy atom. The van der Waals surface area contributed by atoms with E-state index in [4.69, 9.17) is 14.2 Å². The number of fused-ring (bicyclic) bond motifs is 1. The first-order chi connectivity index (χ1) is 13.2. The molecule has 0 fully saturated rings. The summed E-state index contributed by atoms with van der Waals surface area (Å²) in [6.45, 7) is 9.83. The maximum atomic E-state index is 12.9. The number of carbonyl (C=O) groups excluding carboxylic acids is 1. The van der Waals surface area contributed by atoms with E-state index in [-0.39, 0.29) is 17.6 Å². The smallest absolute Gasteiger partial charge is 0.261 e. The molecule has 0 spiro atoms. The van der Waals surface area contributed by atoms with Crippen LogP contribution >= 0.6 is 0 Å². The van der Waals surface area contributed by atoms with Gasteiger partial charge in [0, 0.05) is 12.0 Å². The molecule has 2 aromatic rings. The van der Waals surface area contributed by atoms with Crippen LogP contribution in [-0.4, -0.2) is 24.7 Å². The van der Waals surface area contributed by atoms with Crippen LogP contribution in [0.2, 0.25) is 0 Å². The number of nitrogens with one attached hydrogen (secondary N) is 1. The highest BCUT2D eigenvalue weighted by Crippen LogP contribution is 2.41. The Kier molecular flexibility index (Phi) is 5.54. The van der Waals surface area contributed by atoms with E-state index in [1.54, 1.807) is 14.0 Å². The number of amides is 1. The molecule has 150 valence electrons. The summed E-state index contributed by atoms with van der Waals surface area (Å²) >= 11 is 0. The minimum Gasteiger partial charge on any atom is -0.497 e. The number of benzene rings is 2. The highest BCUT2D eigenvalue weighted by molar-refractivity contribution is 5.81. The van der Waals surface area contributed by atoms with Crippen LogP contribution in [0.25, 0.3) is 0 Å². The van der Waals surface area contributed by atoms with Gasteiger partial charge in [0.2, 0.25) is 0 Å². The van der Waals surface area contributed by atoms with E-state index in [9.17, 15) is 4.79 Å². The van der Waals surface area contributed by atoms with Gasteiger partial charge in [0.1, 0.15) is 22.8 Å². The van der Waals surface area contributed by atoms with Crippen molar-refractivity contribution in [2.75, 3.05) is 7.11 Å². The Balaban J connectivity index is 1.77. The first-order valence-electron chi connectivity index (χ1n) is 9.60. The third-order valence-electron chi connectivity index (χ3n) is 4.99. The first-order valence-corrected chi connectivity index (χ1v) is 9.60. The number of ether oxygens (including phenoxy) is 3. The number of hydrogen-bond donors (Lipinski definition) is 1. The molecule has 5 heteroatoms. The topological polar surface area (TPSA) is 56.8 Å². The number of hydrogen-bond acceptors (Lipinski definition) is 4. The third-order valence-corrected chi connectivity index (χ3v) is 4.99. The molecule has 0 radical (unpaired) electrons. The summed E-state index contributed by atoms with van der Waals surface area (Å²) in [6, 6.07) is 11.4. The van der Waals surface area contributed by atoms with Gasteiger partial charge >= 0.3 is 0 Å². The molecule has 2 atom stereocenters. The van der Waals surface area contributed by atoms with Crippen molar-refractivity contribution in [2.45, 2.75) is 58.8 Å². The molecule has 1 heterocycles. The highest BCUT2D eigenvalue weighted by atomic mass is 16.5. The van der Waals surface area contributed by atoms with E-state index in [2.05, 4.69) is 5.32 Å². The van der Waals surface area contributed by atoms with Crippen LogP contribution in [0.15, 0.2) is 36.4 Å². The summed E-state index contributed by atoms with van der Waals surface area (Å²) in [7, 11) is 1.63. The first kappa shape index (κ1) is 20.1. The Morgan fingerprint density at radius 3 is 2.64 bits per heavy atom. The zero-order valence-corrected chi connectivity index (χ0v) is 17.5. The normalized spacial score (nSPS) is 18.4. The lowest BCUT2D eigenvalue weighted by Gasteiger charge is -2.38. The summed E-state index contributed by atoms with van der Waals surface area (Å²) in [5, 5.41) is 3.13. The van der Waals surface area contributed by atoms with Crippen molar-refractivity contribution in [3.63, 3.8) is 0 Å². The average molecular weight is 383 g/mol. The molecule has 0 bridgehead atoms. The van der Waals surface area contributed by atoms with Crippen LogP contribution < -0.4 is 19.5 Å². The molecular formula is C23H29NO4. The predicted octanol–water partition coefficient (Wildman–Crippen LogP) is 4.50. The Hall–Kier alpha value is -2.69. The molecule has 0 saturated heterocycles. The number of methoxy groups -OCH3 is 1. The SMILES string of the molecule is COc1ccc2c(c1)[C@H](NC(=O)[C@H](C)Oc1ccc(C)cc1C)CC(C)(C)O2. The van der Waals surface area contributed by atoms with Gasteiger partial charge in [-0.2, -0.15) is 0 Å². The van der Waals surface area contributed by atoms with E-state index in [0.717, 1.165) is 33.9 Å². The monoisotopic (exact) mass is 383 g/mol. The van der Waals surface area contributed by atoms with Crippen molar-refractivity contribution in [1.82, 2.24) is 5.32 Å². The zero-order chi connectivity index (χ0) is 20.5. The maximum absolute atomic E-state index is 12.9. The fourth-order valence-corrected chi connectivity index (χ4v) is 3.55. The average Bonchev–Trinajstić information content (AvgIpc) is 2.62. The second-order valence-electron chi connectivity index (χ2n) is 8.06. The van der Waals surface area contributed by atoms with Gasteiger partial charge in [0.15, 0.2) is 6.10 Å². The molecule has 1 aliphatic rings. The Morgan fingerprint density at radius 1 is 1.21 bits per heavy atom. The lowest BCUT2D eigenvalue weighted by Crippen LogP contribution is -2.44. The van der Waals surface area contributed by atoms with Gasteiger partial charge in [-0.05, 0) is 64.4 Å². The van der Waals surface area contributed by atoms with Crippen LogP contribution in [0, 0.1) is 13.8 Å². The predicted molar refractivity (Wildman–Crippen MR) is 109 cm³/mol. The Bertz CT molecular complexity index is 875. The minimum absolute atomic E-state index is 0.156. The van der Waals surface area contributed by atoms with Gasteiger partial charge in [-0.3, -0.25) is 4.79 Å². The number of carbonyl (C=O) groups is 1. The largest absolute Gasteiger partial charge is 0.497 e. The molecule has 2 aromatic carbocycles. The number of aryl methyl sites for hydroxylation is 2. The minimum atomic E-state index is -0.610. The van der Waals surface area contributed by atoms with Crippen molar-refractivity contribution < 1.29 is 19.0 Å². The highest BCUT2D eigenvalue weighted by Gasteiger charge is 2.35.